The van der Waals surface area contributed by atoms with E-state index in [2.05, 4.69) is 54.5 Å². The van der Waals surface area contributed by atoms with Crippen molar-refractivity contribution in [3.8, 4) is 0 Å². The fraction of sp³-hybridized carbons (Fsp3) is 0.944. The van der Waals surface area contributed by atoms with E-state index in [0.29, 0.717) is 25.2 Å². The highest BCUT2D eigenvalue weighted by molar-refractivity contribution is 5.80. The standard InChI is InChI=1S/C54H88O24/c1-49(2)14-15-54(23(16-49)22-8-9-29-51(5)12-11-30(57)50(3,4)28(51)10-13-52(29,6)53(22,7)17-31(54)58)48(70)78-46-42(69)38(65)35(62)27(76-46)21-72-47-43(39(66)33(60)25(19-56)74-47)77-45-41(68)37(64)34(61)26(75-45)20-71-44-40(67)36(63)32(59)24(18-55)73-44/h8,23-47,55-69H,9-21H2,1-7H3/t23-,24+,25+,26+,27+,28-,29+,30-,31+,32+,33+,34+,35+,36-,37-,38-,39-,40+,41+,42+,43+,44+,45-,46-,47+,51-,52+,53+,54+/m0/s1. The minimum Gasteiger partial charge on any atom is -0.432 e. The van der Waals surface area contributed by atoms with E-state index >= 15 is 4.79 Å². The number of hydrogen-bond acceptors (Lipinski definition) is 24. The van der Waals surface area contributed by atoms with Gasteiger partial charge in [0, 0.05) is 0 Å². The molecular weight excluding hydrogens is 1030 g/mol. The zero-order valence-electron chi connectivity index (χ0n) is 45.6. The third-order valence-corrected chi connectivity index (χ3v) is 21.4. The van der Waals surface area contributed by atoms with Crippen LogP contribution in [0.2, 0.25) is 0 Å². The Morgan fingerprint density at radius 1 is 0.538 bits per heavy atom. The zero-order chi connectivity index (χ0) is 57.1. The molecule has 0 aromatic heterocycles. The Kier molecular flexibility index (Phi) is 17.2. The van der Waals surface area contributed by atoms with Gasteiger partial charge in [0.2, 0.25) is 6.29 Å². The van der Waals surface area contributed by atoms with Crippen molar-refractivity contribution in [2.45, 2.75) is 241 Å². The maximum absolute atomic E-state index is 15.2. The third kappa shape index (κ3) is 9.86. The minimum atomic E-state index is -2.07. The quantitative estimate of drug-likeness (QED) is 0.0681. The van der Waals surface area contributed by atoms with Gasteiger partial charge in [0.05, 0.1) is 38.6 Å². The van der Waals surface area contributed by atoms with Crippen LogP contribution in [0, 0.1) is 50.2 Å². The maximum Gasteiger partial charge on any atom is 0.317 e. The Morgan fingerprint density at radius 3 is 1.65 bits per heavy atom. The Bertz CT molecular complexity index is 2150. The second-order valence-electron chi connectivity index (χ2n) is 26.5. The van der Waals surface area contributed by atoms with Gasteiger partial charge < -0.3 is 114 Å². The van der Waals surface area contributed by atoms with Gasteiger partial charge >= 0.3 is 5.97 Å². The fourth-order valence-electron chi connectivity index (χ4n) is 16.3. The molecular formula is C54H88O24. The number of rotatable bonds is 12. The molecule has 29 atom stereocenters. The highest BCUT2D eigenvalue weighted by Crippen LogP contribution is 2.76. The molecule has 8 fully saturated rings. The monoisotopic (exact) mass is 1120 g/mol. The molecule has 0 bridgehead atoms. The van der Waals surface area contributed by atoms with Gasteiger partial charge in [-0.2, -0.15) is 0 Å². The van der Waals surface area contributed by atoms with Crippen LogP contribution in [0.1, 0.15) is 106 Å². The van der Waals surface area contributed by atoms with Crippen molar-refractivity contribution >= 4 is 5.97 Å². The van der Waals surface area contributed by atoms with E-state index in [4.69, 9.17) is 37.9 Å². The average molecular weight is 1120 g/mol. The number of allylic oxidation sites excluding steroid dienone is 2. The van der Waals surface area contributed by atoms with E-state index in [1.807, 2.05) is 0 Å². The number of aliphatic hydroxyl groups excluding tert-OH is 15. The predicted octanol–water partition coefficient (Wildman–Crippen LogP) is -3.06. The summed E-state index contributed by atoms with van der Waals surface area (Å²) in [6.07, 6.45) is -30.1. The lowest BCUT2D eigenvalue weighted by atomic mass is 9.33. The van der Waals surface area contributed by atoms with Crippen LogP contribution < -0.4 is 0 Å². The van der Waals surface area contributed by atoms with Gasteiger partial charge in [-0.15, -0.1) is 0 Å². The van der Waals surface area contributed by atoms with Gasteiger partial charge in [-0.3, -0.25) is 4.79 Å². The first kappa shape index (κ1) is 60.9. The first-order valence-electron chi connectivity index (χ1n) is 27.9. The zero-order valence-corrected chi connectivity index (χ0v) is 45.6. The van der Waals surface area contributed by atoms with Crippen LogP contribution in [0.15, 0.2) is 11.6 Å². The summed E-state index contributed by atoms with van der Waals surface area (Å²) < 4.78 is 46.3. The topological polar surface area (TPSA) is 394 Å². The van der Waals surface area contributed by atoms with Crippen molar-refractivity contribution in [3.05, 3.63) is 11.6 Å². The highest BCUT2D eigenvalue weighted by atomic mass is 16.8. The number of esters is 1. The molecule has 9 rings (SSSR count). The summed E-state index contributed by atoms with van der Waals surface area (Å²) in [6, 6.07) is 0. The van der Waals surface area contributed by atoms with Gasteiger partial charge in [0.25, 0.3) is 0 Å². The van der Waals surface area contributed by atoms with E-state index in [9.17, 15) is 76.6 Å². The molecule has 24 heteroatoms. The van der Waals surface area contributed by atoms with Crippen LogP contribution in [-0.2, 0) is 42.7 Å². The molecule has 0 unspecified atom stereocenters. The first-order valence-corrected chi connectivity index (χ1v) is 27.9. The molecule has 78 heavy (non-hydrogen) atoms. The summed E-state index contributed by atoms with van der Waals surface area (Å²) in [5.74, 6) is -0.784. The predicted molar refractivity (Wildman–Crippen MR) is 264 cm³/mol. The second kappa shape index (κ2) is 22.1. The van der Waals surface area contributed by atoms with E-state index in [-0.39, 0.29) is 40.4 Å². The van der Waals surface area contributed by atoms with Crippen molar-refractivity contribution in [2.24, 2.45) is 50.2 Å². The smallest absolute Gasteiger partial charge is 0.317 e. The Hall–Kier alpha value is -1.67. The van der Waals surface area contributed by atoms with Crippen molar-refractivity contribution in [2.75, 3.05) is 26.4 Å². The Morgan fingerprint density at radius 2 is 1.05 bits per heavy atom. The number of ether oxygens (including phenoxy) is 8. The molecule has 448 valence electrons. The fourth-order valence-corrected chi connectivity index (χ4v) is 16.3. The molecule has 4 aliphatic heterocycles. The van der Waals surface area contributed by atoms with Crippen LogP contribution in [-0.4, -0.2) is 244 Å². The van der Waals surface area contributed by atoms with Crippen molar-refractivity contribution in [1.29, 1.82) is 0 Å². The minimum absolute atomic E-state index is 0.0750. The van der Waals surface area contributed by atoms with Gasteiger partial charge in [-0.25, -0.2) is 0 Å². The lowest BCUT2D eigenvalue weighted by Crippen LogP contribution is -2.68. The number of hydrogen-bond donors (Lipinski definition) is 15. The van der Waals surface area contributed by atoms with Gasteiger partial charge in [0.15, 0.2) is 18.9 Å². The lowest BCUT2D eigenvalue weighted by Gasteiger charge is -2.71. The van der Waals surface area contributed by atoms with Crippen LogP contribution in [0.25, 0.3) is 0 Å². The highest BCUT2D eigenvalue weighted by Gasteiger charge is 2.72. The summed E-state index contributed by atoms with van der Waals surface area (Å²) in [7, 11) is 0. The molecule has 4 saturated heterocycles. The van der Waals surface area contributed by atoms with Crippen LogP contribution in [0.3, 0.4) is 0 Å². The van der Waals surface area contributed by atoms with Gasteiger partial charge in [-0.05, 0) is 103 Å². The van der Waals surface area contributed by atoms with E-state index in [1.165, 1.54) is 0 Å². The summed E-state index contributed by atoms with van der Waals surface area (Å²) in [5.41, 5.74) is -1.76. The number of carbonyl (C=O) groups is 1. The van der Waals surface area contributed by atoms with Crippen molar-refractivity contribution in [1.82, 2.24) is 0 Å². The second-order valence-corrected chi connectivity index (χ2v) is 26.5. The van der Waals surface area contributed by atoms with E-state index in [0.717, 1.165) is 31.3 Å². The third-order valence-electron chi connectivity index (χ3n) is 21.4. The first-order chi connectivity index (χ1) is 36.4. The lowest BCUT2D eigenvalue weighted by molar-refractivity contribution is -0.376. The molecule has 15 N–H and O–H groups in total. The average Bonchev–Trinajstić information content (AvgIpc) is 1.90. The molecule has 0 aromatic carbocycles. The van der Waals surface area contributed by atoms with Crippen LogP contribution >= 0.6 is 0 Å². The number of fused-ring (bicyclic) bond motifs is 7. The molecule has 0 aromatic rings. The summed E-state index contributed by atoms with van der Waals surface area (Å²) >= 11 is 0. The largest absolute Gasteiger partial charge is 0.432 e. The van der Waals surface area contributed by atoms with E-state index in [1.54, 1.807) is 0 Å². The summed E-state index contributed by atoms with van der Waals surface area (Å²) in [4.78, 5) is 15.2. The summed E-state index contributed by atoms with van der Waals surface area (Å²) in [6.45, 7) is 12.5. The molecule has 9 aliphatic rings. The Labute approximate surface area is 453 Å². The molecule has 0 amide bonds. The molecule has 4 saturated carbocycles. The normalized spacial score (nSPS) is 53.9. The SMILES string of the molecule is CC1(C)CC[C@]2(C(=O)O[C@@H]3O[C@H](CO[C@@H]4O[C@H](CO)[C@@H](O)[C@H](O)[C@H]4O[C@@H]4O[C@H](CO[C@@H]5O[C@H](CO)[C@@H](O)[C@H](O)[C@H]5O)[C@@H](O)[C@H](O)[C@H]4O)[C@@H](O)[C@H](O)[C@H]3O)[C@H](O)C[C@]3(C)C(=CC[C@@H]4[C@@]5(C)CC[C@H](O)C(C)(C)[C@@H]5CC[C@]43C)[C@@H]2C1. The van der Waals surface area contributed by atoms with Crippen molar-refractivity contribution in [3.63, 3.8) is 0 Å². The number of carbonyl (C=O) groups excluding carboxylic acids is 1. The molecule has 0 radical (unpaired) electrons. The van der Waals surface area contributed by atoms with Crippen molar-refractivity contribution < 1.29 is 119 Å². The molecule has 0 spiro atoms. The molecule has 5 aliphatic carbocycles. The van der Waals surface area contributed by atoms with Crippen LogP contribution in [0.4, 0.5) is 0 Å². The Balaban J connectivity index is 0.914. The van der Waals surface area contributed by atoms with E-state index < -0.39 is 184 Å². The molecule has 24 nitrogen and oxygen atoms in total. The van der Waals surface area contributed by atoms with Gasteiger partial charge in [-0.1, -0.05) is 60.1 Å². The number of aliphatic hydroxyl groups is 15. The van der Waals surface area contributed by atoms with Gasteiger partial charge in [0.1, 0.15) is 103 Å². The molecule has 4 heterocycles. The summed E-state index contributed by atoms with van der Waals surface area (Å²) in [5, 5.41) is 163. The van der Waals surface area contributed by atoms with Crippen LogP contribution in [0.5, 0.6) is 0 Å². The maximum atomic E-state index is 15.2.